The molecule has 0 atom stereocenters. The Bertz CT molecular complexity index is 870. The van der Waals surface area contributed by atoms with Gasteiger partial charge in [-0.15, -0.1) is 11.3 Å². The Morgan fingerprint density at radius 3 is 2.76 bits per heavy atom. The van der Waals surface area contributed by atoms with Crippen molar-refractivity contribution < 1.29 is 23.5 Å². The van der Waals surface area contributed by atoms with Gasteiger partial charge in [0.1, 0.15) is 11.5 Å². The Morgan fingerprint density at radius 2 is 2.07 bits per heavy atom. The van der Waals surface area contributed by atoms with Crippen molar-refractivity contribution in [3.63, 3.8) is 0 Å². The zero-order valence-electron chi connectivity index (χ0n) is 16.4. The molecule has 2 aromatic rings. The second-order valence-corrected chi connectivity index (χ2v) is 7.52. The van der Waals surface area contributed by atoms with E-state index in [1.165, 1.54) is 18.3 Å². The van der Waals surface area contributed by atoms with Crippen LogP contribution >= 0.6 is 11.3 Å². The number of hydrogen-bond acceptors (Lipinski definition) is 7. The van der Waals surface area contributed by atoms with Crippen molar-refractivity contribution in [1.29, 1.82) is 0 Å². The highest BCUT2D eigenvalue weighted by atomic mass is 32.1. The summed E-state index contributed by atoms with van der Waals surface area (Å²) >= 11 is 1.32. The number of thiazole rings is 1. The summed E-state index contributed by atoms with van der Waals surface area (Å²) in [5.41, 5.74) is 0.622. The Balaban J connectivity index is 1.52. The summed E-state index contributed by atoms with van der Waals surface area (Å²) in [6.07, 6.45) is 0.855. The van der Waals surface area contributed by atoms with E-state index >= 15 is 0 Å². The van der Waals surface area contributed by atoms with Crippen LogP contribution in [0.4, 0.5) is 9.93 Å². The monoisotopic (exact) mass is 420 g/mol. The van der Waals surface area contributed by atoms with Gasteiger partial charge in [-0.2, -0.15) is 0 Å². The normalized spacial score (nSPS) is 14.5. The minimum absolute atomic E-state index is 0.0970. The molecule has 9 nitrogen and oxygen atoms in total. The fraction of sp³-hybridized carbons (Fsp3) is 0.474. The van der Waals surface area contributed by atoms with E-state index < -0.39 is 0 Å². The molecule has 0 unspecified atom stereocenters. The highest BCUT2D eigenvalue weighted by Crippen LogP contribution is 2.28. The maximum atomic E-state index is 12.5. The van der Waals surface area contributed by atoms with Crippen LogP contribution in [0.2, 0.25) is 0 Å². The zero-order chi connectivity index (χ0) is 20.8. The van der Waals surface area contributed by atoms with Gasteiger partial charge in [0, 0.05) is 31.3 Å². The second kappa shape index (κ2) is 9.55. The molecule has 0 bridgehead atoms. The molecule has 3 heterocycles. The van der Waals surface area contributed by atoms with E-state index in [9.17, 15) is 14.4 Å². The average Bonchev–Trinajstić information content (AvgIpc) is 3.36. The van der Waals surface area contributed by atoms with Gasteiger partial charge in [0.05, 0.1) is 13.2 Å². The lowest BCUT2D eigenvalue weighted by Crippen LogP contribution is -2.41. The van der Waals surface area contributed by atoms with Crippen LogP contribution in [0.25, 0.3) is 11.5 Å². The Kier molecular flexibility index (Phi) is 6.86. The molecule has 3 rings (SSSR count). The summed E-state index contributed by atoms with van der Waals surface area (Å²) in [6.45, 7) is 4.88. The van der Waals surface area contributed by atoms with Gasteiger partial charge in [0.25, 0.3) is 0 Å². The number of amides is 3. The molecule has 156 valence electrons. The van der Waals surface area contributed by atoms with E-state index in [0.29, 0.717) is 61.4 Å². The predicted molar refractivity (Wildman–Crippen MR) is 107 cm³/mol. The highest BCUT2D eigenvalue weighted by Gasteiger charge is 2.28. The average molecular weight is 420 g/mol. The number of carbonyl (C=O) groups is 3. The van der Waals surface area contributed by atoms with Crippen molar-refractivity contribution in [3.8, 4) is 11.5 Å². The number of furan rings is 1. The van der Waals surface area contributed by atoms with Crippen molar-refractivity contribution in [2.45, 2.75) is 33.2 Å². The molecule has 1 saturated heterocycles. The molecule has 0 radical (unpaired) electrons. The molecule has 0 spiro atoms. The molecule has 1 aliphatic heterocycles. The smallest absolute Gasteiger partial charge is 0.409 e. The fourth-order valence-electron chi connectivity index (χ4n) is 3.01. The molecule has 0 saturated carbocycles. The molecule has 2 N–H and O–H groups in total. The first-order valence-electron chi connectivity index (χ1n) is 9.48. The van der Waals surface area contributed by atoms with Crippen molar-refractivity contribution >= 4 is 34.4 Å². The van der Waals surface area contributed by atoms with Gasteiger partial charge in [-0.05, 0) is 31.9 Å². The summed E-state index contributed by atoms with van der Waals surface area (Å²) in [5.74, 6) is 0.808. The number of nitrogens with zero attached hydrogens (tertiary/aromatic N) is 2. The first-order valence-corrected chi connectivity index (χ1v) is 10.4. The van der Waals surface area contributed by atoms with E-state index in [1.54, 1.807) is 29.3 Å². The molecular weight excluding hydrogens is 396 g/mol. The first-order chi connectivity index (χ1) is 14.0. The van der Waals surface area contributed by atoms with Crippen LogP contribution < -0.4 is 10.6 Å². The standard InChI is InChI=1S/C19H24N4O5S/c1-3-27-19(26)23-8-6-13(7-9-23)17(25)22-18-21-15(11-29-18)16-5-4-14(28-16)10-20-12(2)24/h4-5,11,13H,3,6-10H2,1-2H3,(H,20,24)(H,21,22,25). The topological polar surface area (TPSA) is 114 Å². The number of anilines is 1. The van der Waals surface area contributed by atoms with Crippen LogP contribution in [0.3, 0.4) is 0 Å². The Hall–Kier alpha value is -2.88. The molecule has 0 aliphatic carbocycles. The Morgan fingerprint density at radius 1 is 1.31 bits per heavy atom. The molecule has 1 aliphatic rings. The maximum Gasteiger partial charge on any atom is 0.409 e. The largest absolute Gasteiger partial charge is 0.458 e. The van der Waals surface area contributed by atoms with E-state index in [0.717, 1.165) is 0 Å². The van der Waals surface area contributed by atoms with Gasteiger partial charge in [-0.1, -0.05) is 0 Å². The number of likely N-dealkylation sites (tertiary alicyclic amines) is 1. The van der Waals surface area contributed by atoms with Crippen LogP contribution in [0.5, 0.6) is 0 Å². The molecule has 3 amide bonds. The van der Waals surface area contributed by atoms with E-state index in [4.69, 9.17) is 9.15 Å². The maximum absolute atomic E-state index is 12.5. The summed E-state index contributed by atoms with van der Waals surface area (Å²) in [4.78, 5) is 41.3. The van der Waals surface area contributed by atoms with Gasteiger partial charge < -0.3 is 24.7 Å². The van der Waals surface area contributed by atoms with Crippen molar-refractivity contribution in [3.05, 3.63) is 23.3 Å². The van der Waals surface area contributed by atoms with Gasteiger partial charge in [-0.3, -0.25) is 9.59 Å². The lowest BCUT2D eigenvalue weighted by atomic mass is 9.96. The lowest BCUT2D eigenvalue weighted by Gasteiger charge is -2.30. The van der Waals surface area contributed by atoms with Crippen LogP contribution in [-0.4, -0.2) is 47.5 Å². The van der Waals surface area contributed by atoms with Gasteiger partial charge >= 0.3 is 6.09 Å². The van der Waals surface area contributed by atoms with Crippen molar-refractivity contribution in [1.82, 2.24) is 15.2 Å². The minimum atomic E-state index is -0.327. The summed E-state index contributed by atoms with van der Waals surface area (Å²) < 4.78 is 10.7. The Labute approximate surface area is 172 Å². The van der Waals surface area contributed by atoms with Crippen LogP contribution in [0.1, 0.15) is 32.4 Å². The minimum Gasteiger partial charge on any atom is -0.458 e. The van der Waals surface area contributed by atoms with E-state index in [-0.39, 0.29) is 23.8 Å². The highest BCUT2D eigenvalue weighted by molar-refractivity contribution is 7.14. The van der Waals surface area contributed by atoms with Gasteiger partial charge in [-0.25, -0.2) is 9.78 Å². The second-order valence-electron chi connectivity index (χ2n) is 6.66. The fourth-order valence-corrected chi connectivity index (χ4v) is 3.72. The van der Waals surface area contributed by atoms with Gasteiger partial charge in [0.2, 0.25) is 11.8 Å². The number of aromatic nitrogens is 1. The third kappa shape index (κ3) is 5.57. The zero-order valence-corrected chi connectivity index (χ0v) is 17.2. The quantitative estimate of drug-likeness (QED) is 0.743. The summed E-state index contributed by atoms with van der Waals surface area (Å²) in [6, 6.07) is 3.56. The number of piperidine rings is 1. The molecule has 1 fully saturated rings. The molecule has 10 heteroatoms. The number of ether oxygens (including phenoxy) is 1. The van der Waals surface area contributed by atoms with Crippen LogP contribution in [0, 0.1) is 5.92 Å². The first kappa shape index (κ1) is 20.8. The molecule has 29 heavy (non-hydrogen) atoms. The summed E-state index contributed by atoms with van der Waals surface area (Å²) in [5, 5.41) is 7.83. The SMILES string of the molecule is CCOC(=O)N1CCC(C(=O)Nc2nc(-c3ccc(CNC(C)=O)o3)cs2)CC1. The van der Waals surface area contributed by atoms with Crippen molar-refractivity contribution in [2.75, 3.05) is 25.0 Å². The van der Waals surface area contributed by atoms with Crippen molar-refractivity contribution in [2.24, 2.45) is 5.92 Å². The number of nitrogens with one attached hydrogen (secondary N) is 2. The lowest BCUT2D eigenvalue weighted by molar-refractivity contribution is -0.121. The predicted octanol–water partition coefficient (Wildman–Crippen LogP) is 2.85. The third-order valence-electron chi connectivity index (χ3n) is 4.55. The van der Waals surface area contributed by atoms with Crippen LogP contribution in [-0.2, 0) is 20.9 Å². The number of hydrogen-bond donors (Lipinski definition) is 2. The molecule has 2 aromatic heterocycles. The third-order valence-corrected chi connectivity index (χ3v) is 5.31. The number of rotatable bonds is 6. The molecular formula is C19H24N4O5S. The summed E-state index contributed by atoms with van der Waals surface area (Å²) in [7, 11) is 0. The van der Waals surface area contributed by atoms with Gasteiger partial charge in [0.15, 0.2) is 10.9 Å². The van der Waals surface area contributed by atoms with E-state index in [1.807, 2.05) is 0 Å². The van der Waals surface area contributed by atoms with Crippen LogP contribution in [0.15, 0.2) is 21.9 Å². The number of carbonyl (C=O) groups excluding carboxylic acids is 3. The molecule has 0 aromatic carbocycles. The van der Waals surface area contributed by atoms with E-state index in [2.05, 4.69) is 15.6 Å².